The van der Waals surface area contributed by atoms with E-state index in [2.05, 4.69) is 44.7 Å². The Bertz CT molecular complexity index is 480. The van der Waals surface area contributed by atoms with Crippen LogP contribution in [0.1, 0.15) is 58.1 Å². The first kappa shape index (κ1) is 17.1. The van der Waals surface area contributed by atoms with Crippen LogP contribution >= 0.6 is 0 Å². The molecule has 0 unspecified atom stereocenters. The van der Waals surface area contributed by atoms with Gasteiger partial charge < -0.3 is 9.47 Å². The lowest BCUT2D eigenvalue weighted by molar-refractivity contribution is 0.232. The maximum absolute atomic E-state index is 5.70. The lowest BCUT2D eigenvalue weighted by Gasteiger charge is -2.27. The number of nitrogens with zero attached hydrogens (tertiary/aromatic N) is 1. The zero-order valence-electron chi connectivity index (χ0n) is 15.0. The minimum atomic E-state index is 0.0820. The first-order valence-corrected chi connectivity index (χ1v) is 8.40. The fourth-order valence-electron chi connectivity index (χ4n) is 3.34. The summed E-state index contributed by atoms with van der Waals surface area (Å²) >= 11 is 0. The van der Waals surface area contributed by atoms with Gasteiger partial charge in [0.25, 0.3) is 0 Å². The number of likely N-dealkylation sites (tertiary alicyclic amines) is 1. The van der Waals surface area contributed by atoms with Crippen molar-refractivity contribution >= 4 is 0 Å². The van der Waals surface area contributed by atoms with E-state index in [0.717, 1.165) is 18.0 Å². The van der Waals surface area contributed by atoms with Crippen LogP contribution in [0.25, 0.3) is 0 Å². The number of methoxy groups -OCH3 is 2. The molecule has 1 atom stereocenters. The molecule has 3 nitrogen and oxygen atoms in total. The van der Waals surface area contributed by atoms with Gasteiger partial charge in [-0.05, 0) is 48.9 Å². The van der Waals surface area contributed by atoms with Gasteiger partial charge in [0.1, 0.15) is 11.5 Å². The molecule has 1 heterocycles. The summed E-state index contributed by atoms with van der Waals surface area (Å²) in [6.45, 7) is 11.0. The van der Waals surface area contributed by atoms with Crippen molar-refractivity contribution in [2.75, 3.05) is 20.8 Å². The van der Waals surface area contributed by atoms with Gasteiger partial charge in [0.2, 0.25) is 0 Å². The smallest absolute Gasteiger partial charge is 0.127 e. The van der Waals surface area contributed by atoms with Gasteiger partial charge in [-0.2, -0.15) is 0 Å². The molecule has 2 rings (SSSR count). The molecule has 0 bridgehead atoms. The maximum atomic E-state index is 5.70. The quantitative estimate of drug-likeness (QED) is 0.806. The fraction of sp³-hybridized carbons (Fsp3) is 0.684. The Morgan fingerprint density at radius 1 is 1.14 bits per heavy atom. The molecule has 0 aromatic heterocycles. The van der Waals surface area contributed by atoms with Gasteiger partial charge in [0, 0.05) is 12.6 Å². The van der Waals surface area contributed by atoms with Crippen LogP contribution in [-0.2, 0) is 12.0 Å². The third kappa shape index (κ3) is 3.57. The van der Waals surface area contributed by atoms with E-state index in [-0.39, 0.29) is 5.41 Å². The lowest BCUT2D eigenvalue weighted by Crippen LogP contribution is -2.28. The normalized spacial score (nSPS) is 19.5. The minimum absolute atomic E-state index is 0.0820. The number of ether oxygens (including phenoxy) is 2. The Kier molecular flexibility index (Phi) is 5.38. The van der Waals surface area contributed by atoms with Gasteiger partial charge in [-0.15, -0.1) is 0 Å². The van der Waals surface area contributed by atoms with E-state index in [9.17, 15) is 0 Å². The first-order chi connectivity index (χ1) is 10.4. The molecule has 0 N–H and O–H groups in total. The molecule has 0 saturated carbocycles. The van der Waals surface area contributed by atoms with Crippen LogP contribution in [0.3, 0.4) is 0 Å². The monoisotopic (exact) mass is 305 g/mol. The topological polar surface area (TPSA) is 21.7 Å². The predicted molar refractivity (Wildman–Crippen MR) is 92.0 cm³/mol. The zero-order chi connectivity index (χ0) is 16.3. The second kappa shape index (κ2) is 6.91. The Balaban J connectivity index is 2.37. The van der Waals surface area contributed by atoms with Gasteiger partial charge >= 0.3 is 0 Å². The summed E-state index contributed by atoms with van der Waals surface area (Å²) in [4.78, 5) is 2.57. The second-order valence-electron chi connectivity index (χ2n) is 7.28. The summed E-state index contributed by atoms with van der Waals surface area (Å²) in [7, 11) is 3.51. The van der Waals surface area contributed by atoms with Crippen LogP contribution in [0.4, 0.5) is 0 Å². The Morgan fingerprint density at radius 3 is 2.18 bits per heavy atom. The molecule has 0 aliphatic carbocycles. The fourth-order valence-corrected chi connectivity index (χ4v) is 3.34. The third-order valence-corrected chi connectivity index (χ3v) is 4.81. The summed E-state index contributed by atoms with van der Waals surface area (Å²) in [5.41, 5.74) is 2.51. The van der Waals surface area contributed by atoms with Crippen molar-refractivity contribution in [3.63, 3.8) is 0 Å². The van der Waals surface area contributed by atoms with E-state index < -0.39 is 0 Å². The van der Waals surface area contributed by atoms with Gasteiger partial charge in [-0.25, -0.2) is 0 Å². The average Bonchev–Trinajstić information content (AvgIpc) is 2.93. The summed E-state index contributed by atoms with van der Waals surface area (Å²) in [6.07, 6.45) is 3.81. The summed E-state index contributed by atoms with van der Waals surface area (Å²) < 4.78 is 11.4. The summed E-state index contributed by atoms with van der Waals surface area (Å²) in [6, 6.07) is 5.04. The molecule has 0 radical (unpaired) electrons. The molecule has 1 saturated heterocycles. The molecule has 22 heavy (non-hydrogen) atoms. The number of hydrogen-bond acceptors (Lipinski definition) is 3. The van der Waals surface area contributed by atoms with Gasteiger partial charge in [0.05, 0.1) is 19.8 Å². The van der Waals surface area contributed by atoms with Crippen molar-refractivity contribution < 1.29 is 9.47 Å². The van der Waals surface area contributed by atoms with Crippen LogP contribution in [-0.4, -0.2) is 31.7 Å². The standard InChI is InChI=1S/C19H31NO2/c1-7-15-9-8-10-20(15)13-16-17(21-5)11-14(19(2,3)4)12-18(16)22-6/h11-12,15H,7-10,13H2,1-6H3/t15-/m1/s1. The van der Waals surface area contributed by atoms with Crippen molar-refractivity contribution in [1.82, 2.24) is 4.90 Å². The molecule has 1 aromatic carbocycles. The molecule has 0 spiro atoms. The van der Waals surface area contributed by atoms with Crippen molar-refractivity contribution in [2.24, 2.45) is 0 Å². The Hall–Kier alpha value is -1.22. The number of hydrogen-bond donors (Lipinski definition) is 0. The molecule has 1 aliphatic heterocycles. The number of benzene rings is 1. The third-order valence-electron chi connectivity index (χ3n) is 4.81. The number of rotatable bonds is 5. The van der Waals surface area contributed by atoms with Gasteiger partial charge in [0.15, 0.2) is 0 Å². The van der Waals surface area contributed by atoms with Crippen LogP contribution < -0.4 is 9.47 Å². The van der Waals surface area contributed by atoms with Crippen LogP contribution in [0.5, 0.6) is 11.5 Å². The van der Waals surface area contributed by atoms with Crippen LogP contribution in [0.15, 0.2) is 12.1 Å². The molecule has 0 amide bonds. The largest absolute Gasteiger partial charge is 0.496 e. The van der Waals surface area contributed by atoms with Gasteiger partial charge in [-0.1, -0.05) is 27.7 Å². The van der Waals surface area contributed by atoms with E-state index in [4.69, 9.17) is 9.47 Å². The maximum Gasteiger partial charge on any atom is 0.127 e. The highest BCUT2D eigenvalue weighted by molar-refractivity contribution is 5.50. The molecular weight excluding hydrogens is 274 g/mol. The van der Waals surface area contributed by atoms with Gasteiger partial charge in [-0.3, -0.25) is 4.90 Å². The highest BCUT2D eigenvalue weighted by Crippen LogP contribution is 2.37. The van der Waals surface area contributed by atoms with Crippen LogP contribution in [0, 0.1) is 0 Å². The van der Waals surface area contributed by atoms with Crippen molar-refractivity contribution in [2.45, 2.75) is 65.0 Å². The first-order valence-electron chi connectivity index (χ1n) is 8.40. The molecule has 1 aliphatic rings. The molecule has 124 valence electrons. The minimum Gasteiger partial charge on any atom is -0.496 e. The van der Waals surface area contributed by atoms with E-state index >= 15 is 0 Å². The zero-order valence-corrected chi connectivity index (χ0v) is 15.0. The summed E-state index contributed by atoms with van der Waals surface area (Å²) in [5.74, 6) is 1.90. The SMILES string of the molecule is CC[C@@H]1CCCN1Cc1c(OC)cc(C(C)(C)C)cc1OC. The van der Waals surface area contributed by atoms with Crippen LogP contribution in [0.2, 0.25) is 0 Å². The highest BCUT2D eigenvalue weighted by atomic mass is 16.5. The molecule has 1 fully saturated rings. The van der Waals surface area contributed by atoms with Crippen molar-refractivity contribution in [3.05, 3.63) is 23.3 Å². The average molecular weight is 305 g/mol. The second-order valence-corrected chi connectivity index (χ2v) is 7.28. The predicted octanol–water partition coefficient (Wildman–Crippen LogP) is 4.38. The molecule has 3 heteroatoms. The van der Waals surface area contributed by atoms with E-state index in [0.29, 0.717) is 6.04 Å². The molecular formula is C19H31NO2. The van der Waals surface area contributed by atoms with Crippen molar-refractivity contribution in [1.29, 1.82) is 0 Å². The molecule has 1 aromatic rings. The van der Waals surface area contributed by atoms with E-state index in [1.165, 1.54) is 36.9 Å². The lowest BCUT2D eigenvalue weighted by atomic mass is 9.86. The van der Waals surface area contributed by atoms with Crippen molar-refractivity contribution in [3.8, 4) is 11.5 Å². The Morgan fingerprint density at radius 2 is 1.73 bits per heavy atom. The van der Waals surface area contributed by atoms with E-state index in [1.807, 2.05) is 0 Å². The Labute approximate surface area is 135 Å². The summed E-state index contributed by atoms with van der Waals surface area (Å²) in [5, 5.41) is 0. The highest BCUT2D eigenvalue weighted by Gasteiger charge is 2.26. The van der Waals surface area contributed by atoms with E-state index in [1.54, 1.807) is 14.2 Å².